The average Bonchev–Trinajstić information content (AvgIpc) is 3.58. The number of aromatic hydroxyl groups is 1. The van der Waals surface area contributed by atoms with Gasteiger partial charge in [0.2, 0.25) is 0 Å². The van der Waals surface area contributed by atoms with Gasteiger partial charge in [-0.05, 0) is 84.6 Å². The van der Waals surface area contributed by atoms with Crippen molar-refractivity contribution < 1.29 is 76.4 Å². The number of hydrazine groups is 1. The van der Waals surface area contributed by atoms with Crippen LogP contribution in [0.3, 0.4) is 0 Å². The van der Waals surface area contributed by atoms with E-state index in [1.165, 1.54) is 50.4 Å². The number of phenolic OH excluding ortho intramolecular Hbond substituents is 1. The molecule has 6 aromatic rings. The standard InChI is InChI=1S/C38H30N8O17S4/c1-18-14-28(29(63-2)17-27(18)41-40-26-13-12-24-25(36(26)67(60,61)62)4-3-5-30(24)65(54,55)56)42-43-32-31(66(57,58)59)16-19-15-20(6-11-23(19)35(32)47)39-44-33-34(38(49)50)45-46(37(33)48)21-7-9-22(10-8-21)64(51,52)53/h3-17,33,39,44,47H,1-2H3,(H,49,50)(H,51,52,53)(H,54,55,56)(H,57,58,59)(H,60,61,62). The van der Waals surface area contributed by atoms with Crippen LogP contribution in [0.4, 0.5) is 34.1 Å². The van der Waals surface area contributed by atoms with Gasteiger partial charge in [-0.3, -0.25) is 23.0 Å². The van der Waals surface area contributed by atoms with Crippen LogP contribution in [0.1, 0.15) is 5.56 Å². The first-order valence-electron chi connectivity index (χ1n) is 18.3. The van der Waals surface area contributed by atoms with E-state index in [0.29, 0.717) is 5.01 Å². The molecule has 1 atom stereocenters. The molecule has 0 saturated heterocycles. The zero-order valence-electron chi connectivity index (χ0n) is 33.7. The van der Waals surface area contributed by atoms with Crippen LogP contribution < -0.4 is 20.6 Å². The third-order valence-electron chi connectivity index (χ3n) is 9.73. The number of methoxy groups -OCH3 is 1. The Hall–Kier alpha value is -7.35. The second-order valence-corrected chi connectivity index (χ2v) is 19.6. The van der Waals surface area contributed by atoms with E-state index in [1.54, 1.807) is 0 Å². The number of rotatable bonds is 14. The Bertz CT molecular complexity index is 3660. The highest BCUT2D eigenvalue weighted by molar-refractivity contribution is 7.87. The average molecular weight is 999 g/mol. The highest BCUT2D eigenvalue weighted by Gasteiger charge is 2.40. The maximum absolute atomic E-state index is 13.3. The Kier molecular flexibility index (Phi) is 12.4. The number of ether oxygens (including phenoxy) is 1. The predicted octanol–water partition coefficient (Wildman–Crippen LogP) is 5.61. The number of hydrogen-bond donors (Lipinski definition) is 8. The van der Waals surface area contributed by atoms with Crippen LogP contribution in [0.2, 0.25) is 0 Å². The highest BCUT2D eigenvalue weighted by atomic mass is 32.2. The first kappa shape index (κ1) is 47.6. The van der Waals surface area contributed by atoms with Crippen LogP contribution in [0.25, 0.3) is 21.5 Å². The lowest BCUT2D eigenvalue weighted by atomic mass is 10.1. The summed E-state index contributed by atoms with van der Waals surface area (Å²) in [4.78, 5) is 22.5. The van der Waals surface area contributed by atoms with E-state index in [4.69, 9.17) is 4.74 Å². The zero-order chi connectivity index (χ0) is 49.0. The van der Waals surface area contributed by atoms with Gasteiger partial charge in [-0.1, -0.05) is 18.2 Å². The molecule has 0 aliphatic carbocycles. The molecule has 0 spiro atoms. The number of carbonyl (C=O) groups is 2. The van der Waals surface area contributed by atoms with Crippen LogP contribution in [-0.2, 0) is 50.1 Å². The number of nitrogens with zero attached hydrogens (tertiary/aromatic N) is 6. The zero-order valence-corrected chi connectivity index (χ0v) is 37.0. The van der Waals surface area contributed by atoms with Crippen LogP contribution in [0.15, 0.2) is 136 Å². The minimum atomic E-state index is -5.15. The first-order chi connectivity index (χ1) is 31.3. The minimum absolute atomic E-state index is 0.0214. The Morgan fingerprint density at radius 2 is 1.34 bits per heavy atom. The molecule has 67 heavy (non-hydrogen) atoms. The molecule has 1 aliphatic rings. The number of carboxylic acids is 1. The fraction of sp³-hybridized carbons (Fsp3) is 0.0789. The summed E-state index contributed by atoms with van der Waals surface area (Å²) in [5.74, 6) is -3.36. The molecule has 0 aromatic heterocycles. The van der Waals surface area contributed by atoms with Crippen LogP contribution in [0.5, 0.6) is 11.5 Å². The SMILES string of the molecule is COc1cc(N=Nc2ccc3c(S(=O)(=O)O)cccc3c2S(=O)(=O)O)c(C)cc1N=Nc1c(S(=O)(=O)O)cc2cc(NNC3C(=O)N(c4ccc(S(=O)(=O)O)cc4)N=C3C(=O)O)ccc2c1O. The van der Waals surface area contributed by atoms with Gasteiger partial charge in [0.25, 0.3) is 46.4 Å². The maximum Gasteiger partial charge on any atom is 0.354 e. The van der Waals surface area contributed by atoms with Gasteiger partial charge in [0, 0.05) is 27.9 Å². The fourth-order valence-electron chi connectivity index (χ4n) is 6.66. The van der Waals surface area contributed by atoms with E-state index in [9.17, 15) is 71.7 Å². The number of benzene rings is 6. The van der Waals surface area contributed by atoms with E-state index < -0.39 is 101 Å². The van der Waals surface area contributed by atoms with E-state index in [0.717, 1.165) is 54.6 Å². The Labute approximate surface area is 377 Å². The molecular weight excluding hydrogens is 969 g/mol. The van der Waals surface area contributed by atoms with Crippen molar-refractivity contribution in [3.05, 3.63) is 96.6 Å². The van der Waals surface area contributed by atoms with Crippen molar-refractivity contribution in [2.24, 2.45) is 25.6 Å². The number of carbonyl (C=O) groups excluding carboxylic acids is 1. The molecule has 1 aliphatic heterocycles. The van der Waals surface area contributed by atoms with Crippen LogP contribution in [-0.4, -0.2) is 92.8 Å². The number of fused-ring (bicyclic) bond motifs is 2. The number of amides is 1. The van der Waals surface area contributed by atoms with Crippen molar-refractivity contribution in [2.75, 3.05) is 17.5 Å². The molecule has 1 heterocycles. The van der Waals surface area contributed by atoms with Gasteiger partial charge >= 0.3 is 5.97 Å². The smallest absolute Gasteiger partial charge is 0.354 e. The lowest BCUT2D eigenvalue weighted by Gasteiger charge is -2.17. The normalized spacial score (nSPS) is 15.0. The summed E-state index contributed by atoms with van der Waals surface area (Å²) in [5, 5.41) is 41.0. The molecule has 0 fully saturated rings. The first-order valence-corrected chi connectivity index (χ1v) is 24.1. The lowest BCUT2D eigenvalue weighted by Crippen LogP contribution is -2.48. The molecule has 6 aromatic carbocycles. The number of anilines is 2. The predicted molar refractivity (Wildman–Crippen MR) is 234 cm³/mol. The van der Waals surface area contributed by atoms with Gasteiger partial charge in [-0.2, -0.15) is 48.9 Å². The summed E-state index contributed by atoms with van der Waals surface area (Å²) < 4.78 is 142. The number of phenols is 1. The second-order valence-electron chi connectivity index (χ2n) is 14.0. The van der Waals surface area contributed by atoms with Gasteiger partial charge < -0.3 is 20.4 Å². The number of aliphatic carboxylic acids is 1. The molecule has 348 valence electrons. The molecular formula is C38H30N8O17S4. The Morgan fingerprint density at radius 1 is 0.701 bits per heavy atom. The van der Waals surface area contributed by atoms with Crippen molar-refractivity contribution in [3.8, 4) is 11.5 Å². The summed E-state index contributed by atoms with van der Waals surface area (Å²) in [7, 11) is -18.4. The van der Waals surface area contributed by atoms with Gasteiger partial charge in [0.15, 0.2) is 17.5 Å². The summed E-state index contributed by atoms with van der Waals surface area (Å²) >= 11 is 0. The number of aryl methyl sites for hydroxylation is 1. The van der Waals surface area contributed by atoms with Crippen LogP contribution >= 0.6 is 0 Å². The molecule has 0 radical (unpaired) electrons. The Morgan fingerprint density at radius 3 is 1.96 bits per heavy atom. The number of azo groups is 2. The number of carboxylic acid groups (broad SMARTS) is 1. The Balaban J connectivity index is 1.17. The fourth-order valence-corrected chi connectivity index (χ4v) is 9.33. The summed E-state index contributed by atoms with van der Waals surface area (Å²) in [6.07, 6.45) is 0. The third kappa shape index (κ3) is 9.65. The van der Waals surface area contributed by atoms with E-state index >= 15 is 0 Å². The lowest BCUT2D eigenvalue weighted by molar-refractivity contribution is -0.130. The molecule has 29 heteroatoms. The molecule has 1 amide bonds. The van der Waals surface area contributed by atoms with Gasteiger partial charge in [-0.25, -0.2) is 10.2 Å². The van der Waals surface area contributed by atoms with E-state index in [-0.39, 0.29) is 55.6 Å². The summed E-state index contributed by atoms with van der Waals surface area (Å²) in [6, 6.07) is 15.5. The number of hydrazone groups is 1. The monoisotopic (exact) mass is 998 g/mol. The van der Waals surface area contributed by atoms with Gasteiger partial charge in [0.05, 0.1) is 23.4 Å². The topological polar surface area (TPSA) is 390 Å². The van der Waals surface area contributed by atoms with Crippen LogP contribution in [0, 0.1) is 6.92 Å². The van der Waals surface area contributed by atoms with Crippen molar-refractivity contribution in [1.82, 2.24) is 5.43 Å². The van der Waals surface area contributed by atoms with E-state index in [1.807, 2.05) is 0 Å². The molecule has 0 saturated carbocycles. The third-order valence-corrected chi connectivity index (χ3v) is 13.3. The molecule has 0 bridgehead atoms. The summed E-state index contributed by atoms with van der Waals surface area (Å²) in [6.45, 7) is 1.51. The quantitative estimate of drug-likeness (QED) is 0.0373. The van der Waals surface area contributed by atoms with Crippen molar-refractivity contribution >= 4 is 114 Å². The minimum Gasteiger partial charge on any atom is -0.505 e. The maximum atomic E-state index is 13.3. The van der Waals surface area contributed by atoms with Gasteiger partial charge in [-0.15, -0.1) is 15.3 Å². The van der Waals surface area contributed by atoms with E-state index in [2.05, 4.69) is 36.4 Å². The summed E-state index contributed by atoms with van der Waals surface area (Å²) in [5.41, 5.74) is 3.60. The molecule has 1 unspecified atom stereocenters. The highest BCUT2D eigenvalue weighted by Crippen LogP contribution is 2.44. The van der Waals surface area contributed by atoms with Gasteiger partial charge in [0.1, 0.15) is 37.5 Å². The number of hydrogen-bond acceptors (Lipinski definition) is 19. The van der Waals surface area contributed by atoms with Crippen molar-refractivity contribution in [1.29, 1.82) is 0 Å². The molecule has 25 nitrogen and oxygen atoms in total. The van der Waals surface area contributed by atoms with Crippen molar-refractivity contribution in [3.63, 3.8) is 0 Å². The van der Waals surface area contributed by atoms with Crippen molar-refractivity contribution in [2.45, 2.75) is 32.5 Å². The molecule has 7 rings (SSSR count). The second kappa shape index (κ2) is 17.5. The molecule has 8 N–H and O–H groups in total. The number of nitrogens with one attached hydrogen (secondary N) is 2. The largest absolute Gasteiger partial charge is 0.505 e.